The van der Waals surface area contributed by atoms with Gasteiger partial charge in [-0.25, -0.2) is 0 Å². The maximum Gasteiger partial charge on any atom is 0.305 e. The molecule has 0 fully saturated rings. The van der Waals surface area contributed by atoms with E-state index in [1.807, 2.05) is 18.2 Å². The van der Waals surface area contributed by atoms with E-state index in [1.165, 1.54) is 7.11 Å². The van der Waals surface area contributed by atoms with Crippen LogP contribution in [0.4, 0.5) is 0 Å². The first-order valence-corrected chi connectivity index (χ1v) is 6.82. The Kier molecular flexibility index (Phi) is 12.2. The standard InChI is InChI=1S/C16H26O3/c1-4-5-6-7-8-9-10-12-15(18-2)13-11-14-16(17)19-3/h5-6,8-10,12,15H,4,7,11,13-14H2,1-3H3. The van der Waals surface area contributed by atoms with Gasteiger partial charge in [-0.15, -0.1) is 0 Å². The predicted molar refractivity (Wildman–Crippen MR) is 79.0 cm³/mol. The molecule has 19 heavy (non-hydrogen) atoms. The molecule has 0 aromatic rings. The number of esters is 1. The van der Waals surface area contributed by atoms with Crippen LogP contribution in [0.3, 0.4) is 0 Å². The molecule has 0 rings (SSSR count). The lowest BCUT2D eigenvalue weighted by Gasteiger charge is -2.09. The highest BCUT2D eigenvalue weighted by Gasteiger charge is 2.05. The lowest BCUT2D eigenvalue weighted by Crippen LogP contribution is -2.08. The van der Waals surface area contributed by atoms with E-state index in [-0.39, 0.29) is 12.1 Å². The van der Waals surface area contributed by atoms with Gasteiger partial charge in [0.15, 0.2) is 0 Å². The van der Waals surface area contributed by atoms with Gasteiger partial charge in [0.2, 0.25) is 0 Å². The highest BCUT2D eigenvalue weighted by atomic mass is 16.5. The molecular weight excluding hydrogens is 240 g/mol. The Morgan fingerprint density at radius 3 is 2.58 bits per heavy atom. The summed E-state index contributed by atoms with van der Waals surface area (Å²) in [6, 6.07) is 0. The summed E-state index contributed by atoms with van der Waals surface area (Å²) in [4.78, 5) is 11.0. The molecule has 3 heteroatoms. The van der Waals surface area contributed by atoms with Crippen molar-refractivity contribution in [2.45, 2.75) is 45.1 Å². The number of hydrogen-bond acceptors (Lipinski definition) is 3. The molecule has 0 saturated carbocycles. The number of rotatable bonds is 10. The number of allylic oxidation sites excluding steroid dienone is 5. The smallest absolute Gasteiger partial charge is 0.305 e. The summed E-state index contributed by atoms with van der Waals surface area (Å²) in [5.41, 5.74) is 0. The van der Waals surface area contributed by atoms with Gasteiger partial charge in [-0.1, -0.05) is 43.4 Å². The third kappa shape index (κ3) is 11.5. The third-order valence-electron chi connectivity index (χ3n) is 2.65. The average molecular weight is 266 g/mol. The van der Waals surface area contributed by atoms with E-state index in [4.69, 9.17) is 4.74 Å². The van der Waals surface area contributed by atoms with Crippen LogP contribution in [0.25, 0.3) is 0 Å². The van der Waals surface area contributed by atoms with Crippen LogP contribution in [0.1, 0.15) is 39.0 Å². The minimum absolute atomic E-state index is 0.0560. The fourth-order valence-electron chi connectivity index (χ4n) is 1.53. The van der Waals surface area contributed by atoms with Crippen molar-refractivity contribution >= 4 is 5.97 Å². The molecule has 1 atom stereocenters. The Bertz CT molecular complexity index is 303. The quantitative estimate of drug-likeness (QED) is 0.342. The first kappa shape index (κ1) is 17.6. The van der Waals surface area contributed by atoms with E-state index < -0.39 is 0 Å². The van der Waals surface area contributed by atoms with E-state index >= 15 is 0 Å². The topological polar surface area (TPSA) is 35.5 Å². The molecule has 0 bridgehead atoms. The van der Waals surface area contributed by atoms with Gasteiger partial charge in [0.05, 0.1) is 13.2 Å². The highest BCUT2D eigenvalue weighted by Crippen LogP contribution is 2.06. The molecule has 0 aromatic heterocycles. The van der Waals surface area contributed by atoms with Gasteiger partial charge in [-0.2, -0.15) is 0 Å². The number of methoxy groups -OCH3 is 2. The second-order valence-electron chi connectivity index (χ2n) is 4.17. The molecule has 108 valence electrons. The lowest BCUT2D eigenvalue weighted by atomic mass is 10.1. The Hall–Kier alpha value is -1.35. The fourth-order valence-corrected chi connectivity index (χ4v) is 1.53. The minimum atomic E-state index is -0.165. The first-order valence-electron chi connectivity index (χ1n) is 6.82. The van der Waals surface area contributed by atoms with Crippen molar-refractivity contribution in [2.75, 3.05) is 14.2 Å². The van der Waals surface area contributed by atoms with Crippen molar-refractivity contribution in [1.29, 1.82) is 0 Å². The van der Waals surface area contributed by atoms with Crippen LogP contribution in [0.2, 0.25) is 0 Å². The van der Waals surface area contributed by atoms with Crippen molar-refractivity contribution < 1.29 is 14.3 Å². The molecule has 0 saturated heterocycles. The van der Waals surface area contributed by atoms with Gasteiger partial charge in [0.25, 0.3) is 0 Å². The number of hydrogen-bond donors (Lipinski definition) is 0. The SMILES string of the molecule is CCC=CCC=CC=CC(CCCC(=O)OC)OC. The van der Waals surface area contributed by atoms with Crippen LogP contribution in [-0.4, -0.2) is 26.3 Å². The second kappa shape index (κ2) is 13.1. The van der Waals surface area contributed by atoms with Crippen molar-refractivity contribution in [3.8, 4) is 0 Å². The highest BCUT2D eigenvalue weighted by molar-refractivity contribution is 5.68. The van der Waals surface area contributed by atoms with Crippen molar-refractivity contribution in [1.82, 2.24) is 0 Å². The molecule has 0 aliphatic heterocycles. The van der Waals surface area contributed by atoms with Gasteiger partial charge >= 0.3 is 5.97 Å². The molecule has 3 nitrogen and oxygen atoms in total. The zero-order chi connectivity index (χ0) is 14.3. The molecule has 0 N–H and O–H groups in total. The predicted octanol–water partition coefficient (Wildman–Crippen LogP) is 3.81. The summed E-state index contributed by atoms with van der Waals surface area (Å²) in [6.45, 7) is 2.12. The minimum Gasteiger partial charge on any atom is -0.469 e. The number of carbonyl (C=O) groups is 1. The molecule has 1 unspecified atom stereocenters. The summed E-state index contributed by atoms with van der Waals surface area (Å²) in [7, 11) is 3.09. The Labute approximate surface area is 117 Å². The molecule has 0 aromatic carbocycles. The van der Waals surface area contributed by atoms with Gasteiger partial charge in [-0.3, -0.25) is 4.79 Å². The van der Waals surface area contributed by atoms with Crippen LogP contribution >= 0.6 is 0 Å². The average Bonchev–Trinajstić information content (AvgIpc) is 2.44. The van der Waals surface area contributed by atoms with Crippen molar-refractivity contribution in [3.63, 3.8) is 0 Å². The second-order valence-corrected chi connectivity index (χ2v) is 4.17. The molecule has 0 heterocycles. The van der Waals surface area contributed by atoms with Crippen LogP contribution in [0.5, 0.6) is 0 Å². The maximum absolute atomic E-state index is 11.0. The number of ether oxygens (including phenoxy) is 2. The fraction of sp³-hybridized carbons (Fsp3) is 0.562. The van der Waals surface area contributed by atoms with Crippen molar-refractivity contribution in [3.05, 3.63) is 36.5 Å². The Balaban J connectivity index is 3.84. The molecule has 0 amide bonds. The summed E-state index contributed by atoms with van der Waals surface area (Å²) in [5, 5.41) is 0. The van der Waals surface area contributed by atoms with Gasteiger partial charge in [0.1, 0.15) is 0 Å². The zero-order valence-electron chi connectivity index (χ0n) is 12.3. The Morgan fingerprint density at radius 1 is 1.16 bits per heavy atom. The third-order valence-corrected chi connectivity index (χ3v) is 2.65. The molecule has 0 radical (unpaired) electrons. The lowest BCUT2D eigenvalue weighted by molar-refractivity contribution is -0.140. The molecular formula is C16H26O3. The number of carbonyl (C=O) groups excluding carboxylic acids is 1. The summed E-state index contributed by atoms with van der Waals surface area (Å²) < 4.78 is 9.92. The summed E-state index contributed by atoms with van der Waals surface area (Å²) in [6.07, 6.45) is 16.6. The molecule has 0 aliphatic rings. The molecule has 0 spiro atoms. The normalized spacial score (nSPS) is 13.6. The van der Waals surface area contributed by atoms with E-state index in [9.17, 15) is 4.79 Å². The first-order chi connectivity index (χ1) is 9.24. The van der Waals surface area contributed by atoms with E-state index in [1.54, 1.807) is 7.11 Å². The van der Waals surface area contributed by atoms with Crippen LogP contribution in [0.15, 0.2) is 36.5 Å². The molecule has 0 aliphatic carbocycles. The van der Waals surface area contributed by atoms with Crippen molar-refractivity contribution in [2.24, 2.45) is 0 Å². The van der Waals surface area contributed by atoms with E-state index in [0.717, 1.165) is 25.7 Å². The van der Waals surface area contributed by atoms with Crippen LogP contribution < -0.4 is 0 Å². The van der Waals surface area contributed by atoms with E-state index in [2.05, 4.69) is 29.9 Å². The Morgan fingerprint density at radius 2 is 1.95 bits per heavy atom. The largest absolute Gasteiger partial charge is 0.469 e. The van der Waals surface area contributed by atoms with Gasteiger partial charge in [0, 0.05) is 13.5 Å². The van der Waals surface area contributed by atoms with Crippen LogP contribution in [0, 0.1) is 0 Å². The monoisotopic (exact) mass is 266 g/mol. The van der Waals surface area contributed by atoms with E-state index in [0.29, 0.717) is 6.42 Å². The summed E-state index contributed by atoms with van der Waals surface area (Å²) in [5.74, 6) is -0.165. The van der Waals surface area contributed by atoms with Gasteiger partial charge in [-0.05, 0) is 25.7 Å². The van der Waals surface area contributed by atoms with Gasteiger partial charge < -0.3 is 9.47 Å². The summed E-state index contributed by atoms with van der Waals surface area (Å²) >= 11 is 0. The van der Waals surface area contributed by atoms with Crippen LogP contribution in [-0.2, 0) is 14.3 Å². The maximum atomic E-state index is 11.0. The zero-order valence-corrected chi connectivity index (χ0v) is 12.3.